The molecular formula is C29H28N2O2S. The average Bonchev–Trinajstić information content (AvgIpc) is 2.84. The molecule has 0 fully saturated rings. The minimum absolute atomic E-state index is 0.219. The first-order valence-electron chi connectivity index (χ1n) is 11.4. The second-order valence-corrected chi connectivity index (χ2v) is 9.70. The summed E-state index contributed by atoms with van der Waals surface area (Å²) in [5, 5.41) is 7.91. The normalized spacial score (nSPS) is 11.9. The lowest BCUT2D eigenvalue weighted by atomic mass is 10.0. The highest BCUT2D eigenvalue weighted by molar-refractivity contribution is 7.99. The number of benzene rings is 4. The first kappa shape index (κ1) is 23.6. The molecule has 0 aliphatic rings. The summed E-state index contributed by atoms with van der Waals surface area (Å²) in [5.41, 5.74) is 1.30. The second kappa shape index (κ2) is 11.0. The summed E-state index contributed by atoms with van der Waals surface area (Å²) in [6.45, 7) is 4.09. The standard InChI is InChI=1S/C29H28N2O2S/c1-20(2)19-26(31-28(32)24-16-10-12-21-11-6-7-15-23(21)24)29(33)30-25-17-8-9-18-27(25)34-22-13-4-3-5-14-22/h3-18,20,26H,19H2,1-2H3,(H,30,33)(H,31,32). The molecule has 0 spiro atoms. The summed E-state index contributed by atoms with van der Waals surface area (Å²) in [5.74, 6) is -0.231. The number of hydrogen-bond donors (Lipinski definition) is 2. The van der Waals surface area contributed by atoms with Crippen LogP contribution in [0.1, 0.15) is 30.6 Å². The van der Waals surface area contributed by atoms with E-state index < -0.39 is 6.04 Å². The first-order chi connectivity index (χ1) is 16.5. The van der Waals surface area contributed by atoms with E-state index in [0.717, 1.165) is 26.3 Å². The van der Waals surface area contributed by atoms with Crippen molar-refractivity contribution in [2.75, 3.05) is 5.32 Å². The third-order valence-electron chi connectivity index (χ3n) is 5.48. The van der Waals surface area contributed by atoms with Gasteiger partial charge in [-0.3, -0.25) is 9.59 Å². The summed E-state index contributed by atoms with van der Waals surface area (Å²) in [4.78, 5) is 28.6. The Bertz CT molecular complexity index is 1280. The lowest BCUT2D eigenvalue weighted by Gasteiger charge is -2.21. The Balaban J connectivity index is 1.54. The van der Waals surface area contributed by atoms with Crippen molar-refractivity contribution >= 4 is 40.0 Å². The molecule has 2 amide bonds. The van der Waals surface area contributed by atoms with Gasteiger partial charge in [-0.1, -0.05) is 92.3 Å². The minimum Gasteiger partial charge on any atom is -0.340 e. The van der Waals surface area contributed by atoms with E-state index in [9.17, 15) is 9.59 Å². The molecule has 5 heteroatoms. The average molecular weight is 469 g/mol. The number of carbonyl (C=O) groups excluding carboxylic acids is 2. The smallest absolute Gasteiger partial charge is 0.252 e. The van der Waals surface area contributed by atoms with Crippen LogP contribution < -0.4 is 10.6 Å². The lowest BCUT2D eigenvalue weighted by Crippen LogP contribution is -2.44. The van der Waals surface area contributed by atoms with Gasteiger partial charge in [-0.05, 0) is 53.4 Å². The third-order valence-corrected chi connectivity index (χ3v) is 6.56. The Morgan fingerprint density at radius 2 is 1.47 bits per heavy atom. The molecule has 4 nitrogen and oxygen atoms in total. The zero-order chi connectivity index (χ0) is 23.9. The summed E-state index contributed by atoms with van der Waals surface area (Å²) >= 11 is 1.59. The van der Waals surface area contributed by atoms with Gasteiger partial charge in [0.15, 0.2) is 0 Å². The molecule has 0 heterocycles. The molecule has 0 radical (unpaired) electrons. The maximum Gasteiger partial charge on any atom is 0.252 e. The molecule has 4 aromatic carbocycles. The highest BCUT2D eigenvalue weighted by atomic mass is 32.2. The van der Waals surface area contributed by atoms with E-state index in [1.807, 2.05) is 105 Å². The Hall–Kier alpha value is -3.57. The number of anilines is 1. The molecule has 0 bridgehead atoms. The molecule has 0 aromatic heterocycles. The number of nitrogens with one attached hydrogen (secondary N) is 2. The Morgan fingerprint density at radius 1 is 0.794 bits per heavy atom. The molecule has 34 heavy (non-hydrogen) atoms. The van der Waals surface area contributed by atoms with Crippen molar-refractivity contribution in [3.05, 3.63) is 103 Å². The summed E-state index contributed by atoms with van der Waals surface area (Å²) < 4.78 is 0. The molecule has 2 N–H and O–H groups in total. The van der Waals surface area contributed by atoms with Crippen LogP contribution in [-0.4, -0.2) is 17.9 Å². The van der Waals surface area contributed by atoms with E-state index in [4.69, 9.17) is 0 Å². The largest absolute Gasteiger partial charge is 0.340 e. The number of hydrogen-bond acceptors (Lipinski definition) is 3. The number of rotatable bonds is 8. The minimum atomic E-state index is -0.652. The Morgan fingerprint density at radius 3 is 2.26 bits per heavy atom. The van der Waals surface area contributed by atoms with E-state index in [2.05, 4.69) is 10.6 Å². The van der Waals surface area contributed by atoms with E-state index in [1.54, 1.807) is 17.8 Å². The fraction of sp³-hybridized carbons (Fsp3) is 0.172. The molecule has 0 aliphatic carbocycles. The van der Waals surface area contributed by atoms with Crippen LogP contribution in [-0.2, 0) is 4.79 Å². The maximum atomic E-state index is 13.3. The molecule has 1 unspecified atom stereocenters. The number of carbonyl (C=O) groups is 2. The molecule has 1 atom stereocenters. The van der Waals surface area contributed by atoms with Crippen LogP contribution in [0.3, 0.4) is 0 Å². The Kier molecular flexibility index (Phi) is 7.65. The molecule has 0 saturated heterocycles. The van der Waals surface area contributed by atoms with Crippen molar-refractivity contribution in [2.24, 2.45) is 5.92 Å². The van der Waals surface area contributed by atoms with Crippen LogP contribution in [0.2, 0.25) is 0 Å². The quantitative estimate of drug-likeness (QED) is 0.300. The van der Waals surface area contributed by atoms with Gasteiger partial charge in [0.2, 0.25) is 5.91 Å². The zero-order valence-electron chi connectivity index (χ0n) is 19.3. The number of fused-ring (bicyclic) bond motifs is 1. The van der Waals surface area contributed by atoms with Crippen LogP contribution in [0.15, 0.2) is 107 Å². The van der Waals surface area contributed by atoms with Gasteiger partial charge in [0.05, 0.1) is 5.69 Å². The summed E-state index contributed by atoms with van der Waals surface area (Å²) in [6, 6.07) is 30.5. The molecule has 0 saturated carbocycles. The SMILES string of the molecule is CC(C)CC(NC(=O)c1cccc2ccccc12)C(=O)Nc1ccccc1Sc1ccccc1. The van der Waals surface area contributed by atoms with Gasteiger partial charge in [0, 0.05) is 15.4 Å². The van der Waals surface area contributed by atoms with Crippen molar-refractivity contribution in [1.29, 1.82) is 0 Å². The molecule has 4 rings (SSSR count). The highest BCUT2D eigenvalue weighted by Gasteiger charge is 2.24. The van der Waals surface area contributed by atoms with Crippen LogP contribution in [0.4, 0.5) is 5.69 Å². The topological polar surface area (TPSA) is 58.2 Å². The second-order valence-electron chi connectivity index (χ2n) is 8.58. The van der Waals surface area contributed by atoms with Gasteiger partial charge in [-0.2, -0.15) is 0 Å². The van der Waals surface area contributed by atoms with E-state index in [1.165, 1.54) is 0 Å². The van der Waals surface area contributed by atoms with Crippen LogP contribution in [0.5, 0.6) is 0 Å². The monoisotopic (exact) mass is 468 g/mol. The summed E-state index contributed by atoms with van der Waals surface area (Å²) in [7, 11) is 0. The predicted molar refractivity (Wildman–Crippen MR) is 140 cm³/mol. The zero-order valence-corrected chi connectivity index (χ0v) is 20.1. The van der Waals surface area contributed by atoms with Crippen LogP contribution >= 0.6 is 11.8 Å². The van der Waals surface area contributed by atoms with Gasteiger partial charge in [0.25, 0.3) is 5.91 Å². The molecule has 172 valence electrons. The van der Waals surface area contributed by atoms with Crippen molar-refractivity contribution in [3.63, 3.8) is 0 Å². The molecule has 0 aliphatic heterocycles. The van der Waals surface area contributed by atoms with Gasteiger partial charge < -0.3 is 10.6 Å². The Labute approximate surface area is 204 Å². The number of para-hydroxylation sites is 1. The van der Waals surface area contributed by atoms with Crippen LogP contribution in [0, 0.1) is 5.92 Å². The maximum absolute atomic E-state index is 13.3. The highest BCUT2D eigenvalue weighted by Crippen LogP contribution is 2.33. The van der Waals surface area contributed by atoms with E-state index in [0.29, 0.717) is 12.0 Å². The molecular weight excluding hydrogens is 440 g/mol. The third kappa shape index (κ3) is 5.86. The molecule has 4 aromatic rings. The van der Waals surface area contributed by atoms with Crippen molar-refractivity contribution in [2.45, 2.75) is 36.1 Å². The number of amides is 2. The van der Waals surface area contributed by atoms with Crippen molar-refractivity contribution < 1.29 is 9.59 Å². The van der Waals surface area contributed by atoms with Gasteiger partial charge in [0.1, 0.15) is 6.04 Å². The lowest BCUT2D eigenvalue weighted by molar-refractivity contribution is -0.118. The van der Waals surface area contributed by atoms with E-state index >= 15 is 0 Å². The first-order valence-corrected chi connectivity index (χ1v) is 12.2. The van der Waals surface area contributed by atoms with Gasteiger partial charge >= 0.3 is 0 Å². The van der Waals surface area contributed by atoms with E-state index in [-0.39, 0.29) is 17.7 Å². The van der Waals surface area contributed by atoms with Gasteiger partial charge in [-0.15, -0.1) is 0 Å². The fourth-order valence-corrected chi connectivity index (χ4v) is 4.78. The predicted octanol–water partition coefficient (Wildman–Crippen LogP) is 6.77. The van der Waals surface area contributed by atoms with Gasteiger partial charge in [-0.25, -0.2) is 0 Å². The van der Waals surface area contributed by atoms with Crippen LogP contribution in [0.25, 0.3) is 10.8 Å². The fourth-order valence-electron chi connectivity index (χ4n) is 3.86. The van der Waals surface area contributed by atoms with Crippen molar-refractivity contribution in [3.8, 4) is 0 Å². The van der Waals surface area contributed by atoms with Crippen molar-refractivity contribution in [1.82, 2.24) is 5.32 Å². The summed E-state index contributed by atoms with van der Waals surface area (Å²) in [6.07, 6.45) is 0.538.